The van der Waals surface area contributed by atoms with Gasteiger partial charge in [0.2, 0.25) is 11.8 Å². The van der Waals surface area contributed by atoms with Gasteiger partial charge in [-0.2, -0.15) is 0 Å². The third-order valence-electron chi connectivity index (χ3n) is 3.18. The molecule has 2 amide bonds. The number of amidine groups is 1. The molecule has 0 aromatic heterocycles. The van der Waals surface area contributed by atoms with E-state index in [0.29, 0.717) is 11.7 Å². The number of amides is 2. The maximum absolute atomic E-state index is 12.2. The van der Waals surface area contributed by atoms with Gasteiger partial charge in [-0.15, -0.1) is 0 Å². The van der Waals surface area contributed by atoms with E-state index in [1.54, 1.807) is 14.2 Å². The highest BCUT2D eigenvalue weighted by Gasteiger charge is 2.36. The summed E-state index contributed by atoms with van der Waals surface area (Å²) in [6.07, 6.45) is 0.170. The summed E-state index contributed by atoms with van der Waals surface area (Å²) >= 11 is 1.32. The summed E-state index contributed by atoms with van der Waals surface area (Å²) in [7, 11) is 3.28. The molecule has 1 aromatic carbocycles. The number of hydrogen-bond donors (Lipinski definition) is 1. The van der Waals surface area contributed by atoms with E-state index in [1.807, 2.05) is 31.2 Å². The van der Waals surface area contributed by atoms with Crippen LogP contribution in [0.2, 0.25) is 0 Å². The maximum Gasteiger partial charge on any atom is 0.242 e. The topological polar surface area (TPSA) is 71.0 Å². The zero-order valence-electron chi connectivity index (χ0n) is 12.8. The predicted octanol–water partition coefficient (Wildman–Crippen LogP) is 1.78. The molecule has 0 spiro atoms. The standard InChI is InChI=1S/C15H19N3O3S/c1-4-16-13(19)9-12-14(20)18(2)15(22-12)17-10-5-7-11(21-3)8-6-10/h5-8,12H,4,9H2,1-3H3,(H,16,19). The van der Waals surface area contributed by atoms with Gasteiger partial charge in [0.15, 0.2) is 5.17 Å². The van der Waals surface area contributed by atoms with Crippen LogP contribution in [0.4, 0.5) is 5.69 Å². The van der Waals surface area contributed by atoms with Crippen LogP contribution in [0.3, 0.4) is 0 Å². The lowest BCUT2D eigenvalue weighted by Crippen LogP contribution is -2.32. The van der Waals surface area contributed by atoms with E-state index in [1.165, 1.54) is 16.7 Å². The van der Waals surface area contributed by atoms with Crippen LogP contribution < -0.4 is 10.1 Å². The molecule has 22 heavy (non-hydrogen) atoms. The van der Waals surface area contributed by atoms with Crippen molar-refractivity contribution >= 4 is 34.4 Å². The Morgan fingerprint density at radius 2 is 2.09 bits per heavy atom. The van der Waals surface area contributed by atoms with Crippen molar-refractivity contribution < 1.29 is 14.3 Å². The Hall–Kier alpha value is -2.02. The lowest BCUT2D eigenvalue weighted by Gasteiger charge is -2.08. The van der Waals surface area contributed by atoms with Crippen molar-refractivity contribution in [2.45, 2.75) is 18.6 Å². The average Bonchev–Trinajstić information content (AvgIpc) is 2.76. The van der Waals surface area contributed by atoms with Gasteiger partial charge < -0.3 is 10.1 Å². The second kappa shape index (κ2) is 7.31. The van der Waals surface area contributed by atoms with E-state index in [0.717, 1.165) is 11.4 Å². The number of methoxy groups -OCH3 is 1. The fraction of sp³-hybridized carbons (Fsp3) is 0.400. The number of aliphatic imine (C=N–C) groups is 1. The van der Waals surface area contributed by atoms with E-state index in [4.69, 9.17) is 4.74 Å². The SMILES string of the molecule is CCNC(=O)CC1SC(=Nc2ccc(OC)cc2)N(C)C1=O. The van der Waals surface area contributed by atoms with Crippen LogP contribution in [0, 0.1) is 0 Å². The molecule has 1 aliphatic heterocycles. The van der Waals surface area contributed by atoms with Crippen LogP contribution in [0.25, 0.3) is 0 Å². The lowest BCUT2D eigenvalue weighted by molar-refractivity contribution is -0.128. The minimum absolute atomic E-state index is 0.0940. The van der Waals surface area contributed by atoms with Crippen molar-refractivity contribution in [3.8, 4) is 5.75 Å². The molecule has 1 fully saturated rings. The Kier molecular flexibility index (Phi) is 5.43. The van der Waals surface area contributed by atoms with E-state index < -0.39 is 5.25 Å². The van der Waals surface area contributed by atoms with Gasteiger partial charge in [-0.1, -0.05) is 11.8 Å². The number of benzene rings is 1. The smallest absolute Gasteiger partial charge is 0.242 e. The van der Waals surface area contributed by atoms with Gasteiger partial charge in [0.25, 0.3) is 0 Å². The molecule has 1 saturated heterocycles. The third-order valence-corrected chi connectivity index (χ3v) is 4.41. The first-order valence-electron chi connectivity index (χ1n) is 6.98. The third kappa shape index (κ3) is 3.79. The van der Waals surface area contributed by atoms with Crippen molar-refractivity contribution in [1.29, 1.82) is 0 Å². The Labute approximate surface area is 133 Å². The van der Waals surface area contributed by atoms with Crippen LogP contribution in [0.5, 0.6) is 5.75 Å². The van der Waals surface area contributed by atoms with E-state index in [9.17, 15) is 9.59 Å². The zero-order valence-corrected chi connectivity index (χ0v) is 13.6. The fourth-order valence-corrected chi connectivity index (χ4v) is 3.16. The average molecular weight is 321 g/mol. The molecule has 1 N–H and O–H groups in total. The van der Waals surface area contributed by atoms with E-state index in [2.05, 4.69) is 10.3 Å². The van der Waals surface area contributed by atoms with Crippen molar-refractivity contribution in [2.24, 2.45) is 4.99 Å². The lowest BCUT2D eigenvalue weighted by atomic mass is 10.2. The number of hydrogen-bond acceptors (Lipinski definition) is 5. The number of ether oxygens (including phenoxy) is 1. The molecule has 0 radical (unpaired) electrons. The summed E-state index contributed by atoms with van der Waals surface area (Å²) in [6.45, 7) is 2.41. The van der Waals surface area contributed by atoms with E-state index >= 15 is 0 Å². The van der Waals surface area contributed by atoms with Crippen LogP contribution in [0.1, 0.15) is 13.3 Å². The van der Waals surface area contributed by atoms with Gasteiger partial charge in [0, 0.05) is 20.0 Å². The van der Waals surface area contributed by atoms with Crippen LogP contribution >= 0.6 is 11.8 Å². The van der Waals surface area contributed by atoms with E-state index in [-0.39, 0.29) is 18.2 Å². The van der Waals surface area contributed by atoms with Gasteiger partial charge in [0.05, 0.1) is 12.8 Å². The van der Waals surface area contributed by atoms with Crippen molar-refractivity contribution in [1.82, 2.24) is 10.2 Å². The number of nitrogens with one attached hydrogen (secondary N) is 1. The summed E-state index contributed by atoms with van der Waals surface area (Å²) < 4.78 is 5.10. The molecular formula is C15H19N3O3S. The second-order valence-electron chi connectivity index (χ2n) is 4.75. The minimum Gasteiger partial charge on any atom is -0.497 e. The highest BCUT2D eigenvalue weighted by atomic mass is 32.2. The van der Waals surface area contributed by atoms with Crippen LogP contribution in [-0.2, 0) is 9.59 Å². The van der Waals surface area contributed by atoms with Crippen LogP contribution in [-0.4, -0.2) is 47.8 Å². The highest BCUT2D eigenvalue weighted by molar-refractivity contribution is 8.15. The van der Waals surface area contributed by atoms with Gasteiger partial charge in [-0.25, -0.2) is 4.99 Å². The molecular weight excluding hydrogens is 302 g/mol. The Morgan fingerprint density at radius 1 is 1.41 bits per heavy atom. The van der Waals surface area contributed by atoms with Crippen molar-refractivity contribution in [3.05, 3.63) is 24.3 Å². The molecule has 0 saturated carbocycles. The molecule has 1 unspecified atom stereocenters. The molecule has 0 bridgehead atoms. The first-order chi connectivity index (χ1) is 10.5. The van der Waals surface area contributed by atoms with Gasteiger partial charge >= 0.3 is 0 Å². The molecule has 0 aliphatic carbocycles. The number of carbonyl (C=O) groups excluding carboxylic acids is 2. The quantitative estimate of drug-likeness (QED) is 0.897. The second-order valence-corrected chi connectivity index (χ2v) is 5.92. The van der Waals surface area contributed by atoms with Gasteiger partial charge in [-0.05, 0) is 31.2 Å². The fourth-order valence-electron chi connectivity index (χ4n) is 2.00. The highest BCUT2D eigenvalue weighted by Crippen LogP contribution is 2.30. The molecule has 7 heteroatoms. The Morgan fingerprint density at radius 3 is 2.68 bits per heavy atom. The minimum atomic E-state index is -0.409. The summed E-state index contributed by atoms with van der Waals surface area (Å²) in [4.78, 5) is 29.8. The van der Waals surface area contributed by atoms with Crippen LogP contribution in [0.15, 0.2) is 29.3 Å². The zero-order chi connectivity index (χ0) is 16.1. The maximum atomic E-state index is 12.2. The molecule has 118 valence electrons. The van der Waals surface area contributed by atoms with Crippen molar-refractivity contribution in [3.63, 3.8) is 0 Å². The molecule has 2 rings (SSSR count). The monoisotopic (exact) mass is 321 g/mol. The predicted molar refractivity (Wildman–Crippen MR) is 87.5 cm³/mol. The summed E-state index contributed by atoms with van der Waals surface area (Å²) in [5, 5.41) is 2.90. The molecule has 1 heterocycles. The molecule has 1 aliphatic rings. The summed E-state index contributed by atoms with van der Waals surface area (Å²) in [5.41, 5.74) is 0.738. The molecule has 1 atom stereocenters. The number of carbonyl (C=O) groups is 2. The summed E-state index contributed by atoms with van der Waals surface area (Å²) in [5.74, 6) is 0.539. The number of rotatable bonds is 5. The first-order valence-corrected chi connectivity index (χ1v) is 7.86. The van der Waals surface area contributed by atoms with Crippen molar-refractivity contribution in [2.75, 3.05) is 20.7 Å². The number of thioether (sulfide) groups is 1. The summed E-state index contributed by atoms with van der Waals surface area (Å²) in [6, 6.07) is 7.27. The normalized spacial score (nSPS) is 19.6. The molecule has 1 aromatic rings. The first kappa shape index (κ1) is 16.4. The largest absolute Gasteiger partial charge is 0.497 e. The Balaban J connectivity index is 2.09. The van der Waals surface area contributed by atoms with Gasteiger partial charge in [-0.3, -0.25) is 14.5 Å². The number of nitrogens with zero attached hydrogens (tertiary/aromatic N) is 2. The Bertz CT molecular complexity index is 586. The molecule has 6 nitrogen and oxygen atoms in total. The van der Waals surface area contributed by atoms with Gasteiger partial charge in [0.1, 0.15) is 11.0 Å².